The summed E-state index contributed by atoms with van der Waals surface area (Å²) >= 11 is 0. The smallest absolute Gasteiger partial charge is 0.0619 e. The van der Waals surface area contributed by atoms with Gasteiger partial charge in [0.2, 0.25) is 0 Å². The lowest BCUT2D eigenvalue weighted by Gasteiger charge is -2.14. The average molecular weight is 563 g/mol. The zero-order valence-electron chi connectivity index (χ0n) is 24.2. The maximum absolute atomic E-state index is 5.97. The van der Waals surface area contributed by atoms with Crippen LogP contribution < -0.4 is 5.73 Å². The lowest BCUT2D eigenvalue weighted by atomic mass is 9.92. The highest BCUT2D eigenvalue weighted by Gasteiger charge is 2.17. The molecule has 208 valence electrons. The molecule has 44 heavy (non-hydrogen) atoms. The van der Waals surface area contributed by atoms with Crippen molar-refractivity contribution >= 4 is 48.9 Å². The quantitative estimate of drug-likeness (QED) is 0.208. The molecule has 2 N–H and O–H groups in total. The lowest BCUT2D eigenvalue weighted by Crippen LogP contribution is -1.95. The minimum Gasteiger partial charge on any atom is -0.404 e. The molecule has 0 atom stereocenters. The lowest BCUT2D eigenvalue weighted by molar-refractivity contribution is 1.19. The number of fused-ring (bicyclic) bond motifs is 6. The van der Waals surface area contributed by atoms with E-state index in [4.69, 9.17) is 5.73 Å². The van der Waals surface area contributed by atoms with Gasteiger partial charge in [0, 0.05) is 28.0 Å². The Balaban J connectivity index is 1.41. The third-order valence-electron chi connectivity index (χ3n) is 8.81. The van der Waals surface area contributed by atoms with Crippen LogP contribution in [0.4, 0.5) is 0 Å². The Kier molecular flexibility index (Phi) is 6.13. The van der Waals surface area contributed by atoms with E-state index >= 15 is 0 Å². The molecule has 0 saturated carbocycles. The van der Waals surface area contributed by atoms with Crippen molar-refractivity contribution in [2.24, 2.45) is 5.73 Å². The largest absolute Gasteiger partial charge is 0.404 e. The van der Waals surface area contributed by atoms with Gasteiger partial charge in [-0.1, -0.05) is 134 Å². The highest BCUT2D eigenvalue weighted by molar-refractivity contribution is 6.19. The fourth-order valence-electron chi connectivity index (χ4n) is 6.73. The van der Waals surface area contributed by atoms with E-state index in [2.05, 4.69) is 157 Å². The molecule has 1 aromatic heterocycles. The van der Waals surface area contributed by atoms with Gasteiger partial charge in [0.15, 0.2) is 0 Å². The number of benzene rings is 7. The molecule has 0 saturated heterocycles. The fraction of sp³-hybridized carbons (Fsp3) is 0. The first kappa shape index (κ1) is 25.8. The van der Waals surface area contributed by atoms with Crippen LogP contribution in [-0.2, 0) is 0 Å². The van der Waals surface area contributed by atoms with E-state index in [-0.39, 0.29) is 0 Å². The highest BCUT2D eigenvalue weighted by Crippen LogP contribution is 2.41. The number of nitrogens with two attached hydrogens (primary N) is 1. The number of allylic oxidation sites excluding steroid dienone is 2. The van der Waals surface area contributed by atoms with Crippen LogP contribution in [0.25, 0.3) is 76.9 Å². The summed E-state index contributed by atoms with van der Waals surface area (Å²) in [6, 6.07) is 52.5. The van der Waals surface area contributed by atoms with Gasteiger partial charge in [0.25, 0.3) is 0 Å². The number of nitrogens with zero attached hydrogens (tertiary/aromatic N) is 1. The van der Waals surface area contributed by atoms with Gasteiger partial charge < -0.3 is 10.3 Å². The predicted molar refractivity (Wildman–Crippen MR) is 189 cm³/mol. The molecule has 0 unspecified atom stereocenters. The third kappa shape index (κ3) is 4.04. The van der Waals surface area contributed by atoms with E-state index in [1.807, 2.05) is 6.08 Å². The molecule has 0 aliphatic rings. The van der Waals surface area contributed by atoms with E-state index in [0.717, 1.165) is 22.2 Å². The maximum Gasteiger partial charge on any atom is 0.0619 e. The van der Waals surface area contributed by atoms with Gasteiger partial charge >= 0.3 is 0 Å². The van der Waals surface area contributed by atoms with E-state index < -0.39 is 0 Å². The Hall–Kier alpha value is -5.86. The molecular weight excluding hydrogens is 532 g/mol. The summed E-state index contributed by atoms with van der Waals surface area (Å²) in [6.07, 6.45) is 3.45. The van der Waals surface area contributed by atoms with Gasteiger partial charge in [0.05, 0.1) is 11.0 Å². The van der Waals surface area contributed by atoms with Crippen LogP contribution in [0.15, 0.2) is 164 Å². The van der Waals surface area contributed by atoms with Crippen LogP contribution >= 0.6 is 0 Å². The molecule has 1 heterocycles. The zero-order chi connectivity index (χ0) is 29.6. The van der Waals surface area contributed by atoms with Gasteiger partial charge in [0.1, 0.15) is 0 Å². The van der Waals surface area contributed by atoms with Crippen LogP contribution in [-0.4, -0.2) is 4.57 Å². The first-order valence-corrected chi connectivity index (χ1v) is 14.9. The number of aromatic nitrogens is 1. The summed E-state index contributed by atoms with van der Waals surface area (Å²) in [7, 11) is 0. The Morgan fingerprint density at radius 2 is 1.23 bits per heavy atom. The summed E-state index contributed by atoms with van der Waals surface area (Å²) in [4.78, 5) is 0. The SMILES string of the molecule is C=C/C(=C\N)c1ccc(-c2ccc3c4ccc5cc(-c6ccccc6)ccc5c4n(-c4ccccc4)c3c2)c2ccccc12. The molecule has 8 aromatic rings. The molecule has 0 spiro atoms. The van der Waals surface area contributed by atoms with Crippen LogP contribution in [0.2, 0.25) is 0 Å². The third-order valence-corrected chi connectivity index (χ3v) is 8.81. The Morgan fingerprint density at radius 1 is 0.545 bits per heavy atom. The highest BCUT2D eigenvalue weighted by atomic mass is 15.0. The molecule has 0 aliphatic heterocycles. The second-order valence-electron chi connectivity index (χ2n) is 11.2. The topological polar surface area (TPSA) is 30.9 Å². The molecule has 0 radical (unpaired) electrons. The molecule has 0 amide bonds. The van der Waals surface area contributed by atoms with Crippen molar-refractivity contribution < 1.29 is 0 Å². The molecule has 2 heteroatoms. The fourth-order valence-corrected chi connectivity index (χ4v) is 6.73. The first-order chi connectivity index (χ1) is 21.7. The van der Waals surface area contributed by atoms with E-state index in [1.165, 1.54) is 60.2 Å². The van der Waals surface area contributed by atoms with Gasteiger partial charge in [-0.15, -0.1) is 0 Å². The standard InChI is InChI=1S/C42H30N2/c1-2-28(27-43)34-23-24-35(38-16-10-9-15-37(34)38)32-18-21-39-40-22-19-31-25-30(29-11-5-3-6-12-29)17-20-36(31)42(40)44(41(39)26-32)33-13-7-4-8-14-33/h2-27H,1,43H2/b28-27+. The van der Waals surface area contributed by atoms with Crippen LogP contribution in [0.5, 0.6) is 0 Å². The van der Waals surface area contributed by atoms with Crippen molar-refractivity contribution in [2.75, 3.05) is 0 Å². The van der Waals surface area contributed by atoms with E-state index in [1.54, 1.807) is 6.20 Å². The minimum absolute atomic E-state index is 0.926. The summed E-state index contributed by atoms with van der Waals surface area (Å²) in [5.41, 5.74) is 16.3. The molecular formula is C42H30N2. The van der Waals surface area contributed by atoms with Crippen LogP contribution in [0.3, 0.4) is 0 Å². The van der Waals surface area contributed by atoms with Crippen LogP contribution in [0, 0.1) is 0 Å². The minimum atomic E-state index is 0.926. The van der Waals surface area contributed by atoms with Gasteiger partial charge in [-0.2, -0.15) is 0 Å². The number of para-hydroxylation sites is 1. The van der Waals surface area contributed by atoms with Crippen molar-refractivity contribution in [3.8, 4) is 27.9 Å². The van der Waals surface area contributed by atoms with Crippen molar-refractivity contribution in [1.82, 2.24) is 4.57 Å². The Morgan fingerprint density at radius 3 is 2.00 bits per heavy atom. The average Bonchev–Trinajstić information content (AvgIpc) is 3.43. The van der Waals surface area contributed by atoms with Crippen molar-refractivity contribution in [1.29, 1.82) is 0 Å². The molecule has 2 nitrogen and oxygen atoms in total. The van der Waals surface area contributed by atoms with E-state index in [9.17, 15) is 0 Å². The number of hydrogen-bond donors (Lipinski definition) is 1. The second kappa shape index (κ2) is 10.4. The van der Waals surface area contributed by atoms with Crippen molar-refractivity contribution in [3.63, 3.8) is 0 Å². The number of rotatable bonds is 5. The summed E-state index contributed by atoms with van der Waals surface area (Å²) < 4.78 is 2.43. The number of hydrogen-bond acceptors (Lipinski definition) is 1. The normalized spacial score (nSPS) is 12.0. The summed E-state index contributed by atoms with van der Waals surface area (Å²) in [6.45, 7) is 3.98. The van der Waals surface area contributed by atoms with Crippen LogP contribution in [0.1, 0.15) is 5.56 Å². The second-order valence-corrected chi connectivity index (χ2v) is 11.2. The summed E-state index contributed by atoms with van der Waals surface area (Å²) in [5.74, 6) is 0. The van der Waals surface area contributed by atoms with E-state index in [0.29, 0.717) is 0 Å². The maximum atomic E-state index is 5.97. The molecule has 0 fully saturated rings. The zero-order valence-corrected chi connectivity index (χ0v) is 24.2. The molecule has 0 aliphatic carbocycles. The Labute approximate surface area is 256 Å². The molecule has 8 rings (SSSR count). The van der Waals surface area contributed by atoms with Crippen molar-refractivity contribution in [3.05, 3.63) is 170 Å². The molecule has 7 aromatic carbocycles. The summed E-state index contributed by atoms with van der Waals surface area (Å²) in [5, 5.41) is 7.30. The van der Waals surface area contributed by atoms with Crippen molar-refractivity contribution in [2.45, 2.75) is 0 Å². The van der Waals surface area contributed by atoms with Gasteiger partial charge in [-0.05, 0) is 73.8 Å². The first-order valence-electron chi connectivity index (χ1n) is 14.9. The Bertz CT molecular complexity index is 2390. The molecule has 0 bridgehead atoms. The van der Waals surface area contributed by atoms with Gasteiger partial charge in [-0.3, -0.25) is 0 Å². The predicted octanol–water partition coefficient (Wildman–Crippen LogP) is 10.9. The van der Waals surface area contributed by atoms with Gasteiger partial charge in [-0.25, -0.2) is 0 Å². The monoisotopic (exact) mass is 562 g/mol.